The third-order valence-electron chi connectivity index (χ3n) is 4.66. The summed E-state index contributed by atoms with van der Waals surface area (Å²) in [6.45, 7) is 13.1. The number of nitrogens with one attached hydrogen (secondary N) is 1. The molecule has 1 N–H and O–H groups in total. The van der Waals surface area contributed by atoms with Crippen molar-refractivity contribution in [1.82, 2.24) is 10.2 Å². The van der Waals surface area contributed by atoms with Crippen LogP contribution < -0.4 is 5.32 Å². The predicted octanol–water partition coefficient (Wildman–Crippen LogP) is 4.45. The Labute approximate surface area is 127 Å². The summed E-state index contributed by atoms with van der Waals surface area (Å²) < 4.78 is 0. The van der Waals surface area contributed by atoms with Gasteiger partial charge in [0.15, 0.2) is 0 Å². The van der Waals surface area contributed by atoms with Crippen LogP contribution in [0.1, 0.15) is 79.1 Å². The summed E-state index contributed by atoms with van der Waals surface area (Å²) in [4.78, 5) is 2.81. The van der Waals surface area contributed by atoms with Crippen LogP contribution in [0.25, 0.3) is 0 Å². The first-order chi connectivity index (χ1) is 9.63. The minimum atomic E-state index is 0.686. The monoisotopic (exact) mass is 282 g/mol. The van der Waals surface area contributed by atoms with Crippen LogP contribution >= 0.6 is 0 Å². The van der Waals surface area contributed by atoms with Crippen molar-refractivity contribution >= 4 is 0 Å². The molecule has 0 radical (unpaired) electrons. The Morgan fingerprint density at radius 2 is 1.75 bits per heavy atom. The van der Waals surface area contributed by atoms with Crippen LogP contribution in [0.2, 0.25) is 0 Å². The molecule has 2 nitrogen and oxygen atoms in total. The lowest BCUT2D eigenvalue weighted by Crippen LogP contribution is -2.36. The smallest absolute Gasteiger partial charge is 0.00952 e. The Morgan fingerprint density at radius 3 is 2.35 bits per heavy atom. The highest BCUT2D eigenvalue weighted by Crippen LogP contribution is 2.24. The molecule has 0 aromatic heterocycles. The summed E-state index contributed by atoms with van der Waals surface area (Å²) in [5.41, 5.74) is 0. The van der Waals surface area contributed by atoms with Gasteiger partial charge in [0.05, 0.1) is 0 Å². The van der Waals surface area contributed by atoms with Gasteiger partial charge in [-0.2, -0.15) is 0 Å². The molecule has 1 aliphatic rings. The molecule has 1 atom stereocenters. The zero-order valence-corrected chi connectivity index (χ0v) is 14.5. The maximum Gasteiger partial charge on any atom is 0.00952 e. The quantitative estimate of drug-likeness (QED) is 0.602. The molecule has 0 aliphatic heterocycles. The molecular weight excluding hydrogens is 244 g/mol. The van der Waals surface area contributed by atoms with Crippen LogP contribution in [-0.2, 0) is 0 Å². The van der Waals surface area contributed by atoms with Gasteiger partial charge in [0.2, 0.25) is 0 Å². The minimum absolute atomic E-state index is 0.686. The van der Waals surface area contributed by atoms with E-state index in [1.54, 1.807) is 0 Å². The van der Waals surface area contributed by atoms with Crippen molar-refractivity contribution in [1.29, 1.82) is 0 Å². The Balaban J connectivity index is 2.24. The molecule has 0 spiro atoms. The van der Waals surface area contributed by atoms with Crippen molar-refractivity contribution in [3.05, 3.63) is 0 Å². The van der Waals surface area contributed by atoms with Crippen molar-refractivity contribution in [3.8, 4) is 0 Å². The Bertz CT molecular complexity index is 221. The summed E-state index contributed by atoms with van der Waals surface area (Å²) in [6.07, 6.45) is 11.1. The molecule has 0 heterocycles. The van der Waals surface area contributed by atoms with Crippen molar-refractivity contribution in [3.63, 3.8) is 0 Å². The van der Waals surface area contributed by atoms with E-state index in [-0.39, 0.29) is 0 Å². The van der Waals surface area contributed by atoms with Gasteiger partial charge < -0.3 is 10.2 Å². The van der Waals surface area contributed by atoms with Gasteiger partial charge in [-0.15, -0.1) is 0 Å². The zero-order chi connectivity index (χ0) is 14.8. The van der Waals surface area contributed by atoms with Crippen molar-refractivity contribution < 1.29 is 0 Å². The van der Waals surface area contributed by atoms with Crippen molar-refractivity contribution in [2.75, 3.05) is 19.6 Å². The van der Waals surface area contributed by atoms with Gasteiger partial charge in [-0.1, -0.05) is 33.6 Å². The molecule has 1 unspecified atom stereocenters. The lowest BCUT2D eigenvalue weighted by molar-refractivity contribution is 0.182. The summed E-state index contributed by atoms with van der Waals surface area (Å²) in [5.74, 6) is 0.837. The molecular formula is C18H38N2. The molecule has 0 amide bonds. The highest BCUT2D eigenvalue weighted by Gasteiger charge is 2.22. The third-order valence-corrected chi connectivity index (χ3v) is 4.66. The maximum atomic E-state index is 3.61. The topological polar surface area (TPSA) is 15.3 Å². The normalized spacial score (nSPS) is 18.3. The number of rotatable bonds is 11. The van der Waals surface area contributed by atoms with Gasteiger partial charge in [0.1, 0.15) is 0 Å². The second kappa shape index (κ2) is 10.6. The van der Waals surface area contributed by atoms with Crippen molar-refractivity contribution in [2.45, 2.75) is 91.1 Å². The largest absolute Gasteiger partial charge is 0.314 e. The molecule has 120 valence electrons. The zero-order valence-electron chi connectivity index (χ0n) is 14.5. The van der Waals surface area contributed by atoms with Gasteiger partial charge >= 0.3 is 0 Å². The van der Waals surface area contributed by atoms with Gasteiger partial charge in [0.25, 0.3) is 0 Å². The summed E-state index contributed by atoms with van der Waals surface area (Å²) >= 11 is 0. The summed E-state index contributed by atoms with van der Waals surface area (Å²) in [6, 6.07) is 1.58. The standard InChI is InChI=1S/C18H38N2/c1-5-13-19-17(4)9-8-14-20(15-12-16(2)3)18-10-6-7-11-18/h16-19H,5-15H2,1-4H3. The fraction of sp³-hybridized carbons (Fsp3) is 1.00. The van der Waals surface area contributed by atoms with Gasteiger partial charge in [-0.25, -0.2) is 0 Å². The first-order valence-corrected chi connectivity index (χ1v) is 9.11. The number of hydrogen-bond donors (Lipinski definition) is 1. The second-order valence-electron chi connectivity index (χ2n) is 7.15. The molecule has 0 saturated heterocycles. The minimum Gasteiger partial charge on any atom is -0.314 e. The molecule has 1 rings (SSSR count). The molecule has 0 bridgehead atoms. The SMILES string of the molecule is CCCNC(C)CCCN(CCC(C)C)C1CCCC1. The average molecular weight is 283 g/mol. The Kier molecular flexibility index (Phi) is 9.54. The van der Waals surface area contributed by atoms with E-state index in [4.69, 9.17) is 0 Å². The molecule has 1 saturated carbocycles. The molecule has 2 heteroatoms. The highest BCUT2D eigenvalue weighted by atomic mass is 15.2. The van der Waals surface area contributed by atoms with E-state index >= 15 is 0 Å². The van der Waals surface area contributed by atoms with E-state index < -0.39 is 0 Å². The molecule has 0 aromatic rings. The fourth-order valence-electron chi connectivity index (χ4n) is 3.26. The van der Waals surface area contributed by atoms with E-state index in [1.807, 2.05) is 0 Å². The highest BCUT2D eigenvalue weighted by molar-refractivity contribution is 4.78. The lowest BCUT2D eigenvalue weighted by atomic mass is 10.1. The first-order valence-electron chi connectivity index (χ1n) is 9.11. The average Bonchev–Trinajstić information content (AvgIpc) is 2.93. The van der Waals surface area contributed by atoms with Crippen LogP contribution in [-0.4, -0.2) is 36.6 Å². The summed E-state index contributed by atoms with van der Waals surface area (Å²) in [7, 11) is 0. The number of nitrogens with zero attached hydrogens (tertiary/aromatic N) is 1. The van der Waals surface area contributed by atoms with Gasteiger partial charge in [-0.3, -0.25) is 0 Å². The fourth-order valence-corrected chi connectivity index (χ4v) is 3.26. The molecule has 1 fully saturated rings. The van der Waals surface area contributed by atoms with Crippen LogP contribution in [0.15, 0.2) is 0 Å². The Morgan fingerprint density at radius 1 is 1.05 bits per heavy atom. The van der Waals surface area contributed by atoms with E-state index in [2.05, 4.69) is 37.9 Å². The molecule has 0 aromatic carbocycles. The predicted molar refractivity (Wildman–Crippen MR) is 90.3 cm³/mol. The van der Waals surface area contributed by atoms with Crippen LogP contribution in [0.3, 0.4) is 0 Å². The second-order valence-corrected chi connectivity index (χ2v) is 7.15. The third kappa shape index (κ3) is 7.64. The molecule has 20 heavy (non-hydrogen) atoms. The van der Waals surface area contributed by atoms with E-state index in [0.29, 0.717) is 6.04 Å². The van der Waals surface area contributed by atoms with E-state index in [1.165, 1.54) is 71.0 Å². The van der Waals surface area contributed by atoms with Gasteiger partial charge in [0, 0.05) is 12.1 Å². The van der Waals surface area contributed by atoms with Crippen LogP contribution in [0, 0.1) is 5.92 Å². The van der Waals surface area contributed by atoms with E-state index in [0.717, 1.165) is 12.0 Å². The lowest BCUT2D eigenvalue weighted by Gasteiger charge is -2.30. The van der Waals surface area contributed by atoms with E-state index in [9.17, 15) is 0 Å². The van der Waals surface area contributed by atoms with Gasteiger partial charge in [-0.05, 0) is 71.0 Å². The van der Waals surface area contributed by atoms with Crippen LogP contribution in [0.4, 0.5) is 0 Å². The first kappa shape index (κ1) is 18.0. The molecule has 1 aliphatic carbocycles. The number of hydrogen-bond acceptors (Lipinski definition) is 2. The van der Waals surface area contributed by atoms with Crippen LogP contribution in [0.5, 0.6) is 0 Å². The summed E-state index contributed by atoms with van der Waals surface area (Å²) in [5, 5.41) is 3.61. The Hall–Kier alpha value is -0.0800. The van der Waals surface area contributed by atoms with Crippen molar-refractivity contribution in [2.24, 2.45) is 5.92 Å². The maximum absolute atomic E-state index is 3.61.